The molecule has 0 aliphatic carbocycles. The van der Waals surface area contributed by atoms with Gasteiger partial charge in [-0.25, -0.2) is 4.79 Å². The van der Waals surface area contributed by atoms with E-state index in [1.165, 1.54) is 6.92 Å². The predicted molar refractivity (Wildman–Crippen MR) is 124 cm³/mol. The maximum absolute atomic E-state index is 13.0. The lowest BCUT2D eigenvalue weighted by Crippen LogP contribution is -2.59. The number of amides is 4. The maximum atomic E-state index is 13.0. The molecule has 0 saturated heterocycles. The standard InChI is InChI=1S/C21H40N6O7/c1-4-11(2)17(27-19(31)16(24)12(3)28)20(32)25-13(8-9-15(23)29)18(30)26-14(21(33)34)7-5-6-10-22/h11-14,16-17,28H,4-10,22,24H2,1-3H3,(H2,23,29)(H,25,32)(H,26,30)(H,27,31)(H,33,34). The molecule has 34 heavy (non-hydrogen) atoms. The van der Waals surface area contributed by atoms with Gasteiger partial charge in [-0.2, -0.15) is 0 Å². The van der Waals surface area contributed by atoms with Gasteiger partial charge >= 0.3 is 5.97 Å². The van der Waals surface area contributed by atoms with Crippen molar-refractivity contribution in [2.24, 2.45) is 23.1 Å². The molecule has 4 amide bonds. The van der Waals surface area contributed by atoms with Gasteiger partial charge in [-0.1, -0.05) is 20.3 Å². The van der Waals surface area contributed by atoms with E-state index in [1.807, 2.05) is 0 Å². The number of nitrogens with one attached hydrogen (secondary N) is 3. The molecule has 0 radical (unpaired) electrons. The molecule has 6 unspecified atom stereocenters. The third kappa shape index (κ3) is 11.4. The van der Waals surface area contributed by atoms with Gasteiger partial charge in [-0.05, 0) is 45.1 Å². The van der Waals surface area contributed by atoms with E-state index in [9.17, 15) is 34.2 Å². The van der Waals surface area contributed by atoms with Gasteiger partial charge < -0.3 is 43.4 Å². The second-order valence-corrected chi connectivity index (χ2v) is 8.39. The summed E-state index contributed by atoms with van der Waals surface area (Å²) >= 11 is 0. The predicted octanol–water partition coefficient (Wildman–Crippen LogP) is -2.33. The van der Waals surface area contributed by atoms with Crippen LogP contribution in [0.3, 0.4) is 0 Å². The Balaban J connectivity index is 5.58. The van der Waals surface area contributed by atoms with Crippen LogP contribution in [0.2, 0.25) is 0 Å². The molecule has 0 aromatic carbocycles. The average molecular weight is 489 g/mol. The molecule has 0 heterocycles. The number of carbonyl (C=O) groups is 5. The number of aliphatic hydroxyl groups is 1. The van der Waals surface area contributed by atoms with Crippen molar-refractivity contribution in [3.8, 4) is 0 Å². The number of aliphatic carboxylic acids is 1. The number of nitrogens with two attached hydrogens (primary N) is 3. The fourth-order valence-corrected chi connectivity index (χ4v) is 3.01. The molecule has 0 bridgehead atoms. The van der Waals surface area contributed by atoms with Gasteiger partial charge in [0, 0.05) is 6.42 Å². The van der Waals surface area contributed by atoms with Gasteiger partial charge in [0.2, 0.25) is 23.6 Å². The average Bonchev–Trinajstić information content (AvgIpc) is 2.77. The summed E-state index contributed by atoms with van der Waals surface area (Å²) in [5, 5.41) is 26.3. The van der Waals surface area contributed by atoms with Crippen molar-refractivity contribution in [3.05, 3.63) is 0 Å². The Morgan fingerprint density at radius 3 is 1.94 bits per heavy atom. The highest BCUT2D eigenvalue weighted by molar-refractivity contribution is 5.94. The Bertz CT molecular complexity index is 703. The summed E-state index contributed by atoms with van der Waals surface area (Å²) in [4.78, 5) is 60.9. The summed E-state index contributed by atoms with van der Waals surface area (Å²) in [6.07, 6.45) is 0.110. The molecule has 13 nitrogen and oxygen atoms in total. The largest absolute Gasteiger partial charge is 0.480 e. The molecule has 0 aliphatic rings. The zero-order valence-corrected chi connectivity index (χ0v) is 20.1. The third-order valence-electron chi connectivity index (χ3n) is 5.49. The number of hydrogen-bond acceptors (Lipinski definition) is 8. The monoisotopic (exact) mass is 488 g/mol. The Morgan fingerprint density at radius 2 is 1.47 bits per heavy atom. The normalized spacial score (nSPS) is 16.3. The minimum atomic E-state index is -1.27. The first-order chi connectivity index (χ1) is 15.8. The minimum absolute atomic E-state index is 0.136. The molecule has 0 aromatic rings. The van der Waals surface area contributed by atoms with E-state index in [2.05, 4.69) is 16.0 Å². The molecule has 0 aliphatic heterocycles. The number of rotatable bonds is 17. The first-order valence-corrected chi connectivity index (χ1v) is 11.4. The summed E-state index contributed by atoms with van der Waals surface area (Å²) in [5.41, 5.74) is 16.2. The van der Waals surface area contributed by atoms with Crippen LogP contribution in [0.25, 0.3) is 0 Å². The second-order valence-electron chi connectivity index (χ2n) is 8.39. The maximum Gasteiger partial charge on any atom is 0.326 e. The SMILES string of the molecule is CCC(C)C(NC(=O)C(N)C(C)O)C(=O)NC(CCC(N)=O)C(=O)NC(CCCCN)C(=O)O. The summed E-state index contributed by atoms with van der Waals surface area (Å²) < 4.78 is 0. The van der Waals surface area contributed by atoms with E-state index in [1.54, 1.807) is 13.8 Å². The van der Waals surface area contributed by atoms with Crippen LogP contribution in [0.5, 0.6) is 0 Å². The van der Waals surface area contributed by atoms with Crippen LogP contribution in [-0.4, -0.2) is 76.6 Å². The molecule has 11 N–H and O–H groups in total. The van der Waals surface area contributed by atoms with Crippen molar-refractivity contribution in [3.63, 3.8) is 0 Å². The number of carboxylic acids is 1. The van der Waals surface area contributed by atoms with Gasteiger partial charge in [-0.3, -0.25) is 19.2 Å². The van der Waals surface area contributed by atoms with Crippen molar-refractivity contribution in [2.45, 2.75) is 89.6 Å². The summed E-state index contributed by atoms with van der Waals surface area (Å²) in [7, 11) is 0. The molecule has 0 rings (SSSR count). The highest BCUT2D eigenvalue weighted by Crippen LogP contribution is 2.11. The molecule has 0 aromatic heterocycles. The van der Waals surface area contributed by atoms with E-state index in [0.29, 0.717) is 25.8 Å². The number of carboxylic acid groups (broad SMARTS) is 1. The van der Waals surface area contributed by atoms with E-state index in [0.717, 1.165) is 0 Å². The van der Waals surface area contributed by atoms with Gasteiger partial charge in [0.25, 0.3) is 0 Å². The Kier molecular flexibility index (Phi) is 14.7. The summed E-state index contributed by atoms with van der Waals surface area (Å²) in [5.74, 6) is -4.60. The first-order valence-electron chi connectivity index (χ1n) is 11.4. The molecule has 0 saturated carbocycles. The van der Waals surface area contributed by atoms with Crippen LogP contribution in [0.1, 0.15) is 59.3 Å². The summed E-state index contributed by atoms with van der Waals surface area (Å²) in [6.45, 7) is 5.20. The van der Waals surface area contributed by atoms with Gasteiger partial charge in [0.05, 0.1) is 6.10 Å². The molecular formula is C21H40N6O7. The number of carbonyl (C=O) groups excluding carboxylic acids is 4. The van der Waals surface area contributed by atoms with E-state index in [-0.39, 0.29) is 25.2 Å². The topological polar surface area (TPSA) is 240 Å². The zero-order valence-electron chi connectivity index (χ0n) is 20.1. The van der Waals surface area contributed by atoms with Gasteiger partial charge in [0.15, 0.2) is 0 Å². The van der Waals surface area contributed by atoms with Gasteiger partial charge in [0.1, 0.15) is 24.2 Å². The third-order valence-corrected chi connectivity index (χ3v) is 5.49. The summed E-state index contributed by atoms with van der Waals surface area (Å²) in [6, 6.07) is -4.84. The van der Waals surface area contributed by atoms with Crippen molar-refractivity contribution in [1.82, 2.24) is 16.0 Å². The first kappa shape index (κ1) is 31.2. The molecule has 0 fully saturated rings. The quantitative estimate of drug-likeness (QED) is 0.102. The number of aliphatic hydroxyl groups excluding tert-OH is 1. The van der Waals surface area contributed by atoms with E-state index in [4.69, 9.17) is 17.2 Å². The van der Waals surface area contributed by atoms with Crippen LogP contribution < -0.4 is 33.2 Å². The fourth-order valence-electron chi connectivity index (χ4n) is 3.01. The van der Waals surface area contributed by atoms with Crippen molar-refractivity contribution in [1.29, 1.82) is 0 Å². The second kappa shape index (κ2) is 16.0. The van der Waals surface area contributed by atoms with Crippen LogP contribution in [-0.2, 0) is 24.0 Å². The lowest BCUT2D eigenvalue weighted by molar-refractivity contribution is -0.142. The number of primary amides is 1. The van der Waals surface area contributed by atoms with Crippen molar-refractivity contribution in [2.75, 3.05) is 6.54 Å². The molecule has 6 atom stereocenters. The van der Waals surface area contributed by atoms with Crippen molar-refractivity contribution >= 4 is 29.6 Å². The highest BCUT2D eigenvalue weighted by Gasteiger charge is 2.33. The fraction of sp³-hybridized carbons (Fsp3) is 0.762. The number of hydrogen-bond donors (Lipinski definition) is 8. The zero-order chi connectivity index (χ0) is 26.4. The highest BCUT2D eigenvalue weighted by atomic mass is 16.4. The van der Waals surface area contributed by atoms with Crippen LogP contribution in [0, 0.1) is 5.92 Å². The van der Waals surface area contributed by atoms with Gasteiger partial charge in [-0.15, -0.1) is 0 Å². The van der Waals surface area contributed by atoms with Crippen LogP contribution in [0.15, 0.2) is 0 Å². The smallest absolute Gasteiger partial charge is 0.326 e. The molecule has 13 heteroatoms. The molecule has 196 valence electrons. The molecule has 0 spiro atoms. The Hall–Kier alpha value is -2.77. The number of unbranched alkanes of at least 4 members (excludes halogenated alkanes) is 1. The van der Waals surface area contributed by atoms with Crippen molar-refractivity contribution < 1.29 is 34.2 Å². The lowest BCUT2D eigenvalue weighted by Gasteiger charge is -2.28. The lowest BCUT2D eigenvalue weighted by atomic mass is 9.96. The van der Waals surface area contributed by atoms with E-state index < -0.39 is 59.9 Å². The minimum Gasteiger partial charge on any atom is -0.480 e. The van der Waals surface area contributed by atoms with Crippen LogP contribution >= 0.6 is 0 Å². The molecular weight excluding hydrogens is 448 g/mol. The Morgan fingerprint density at radius 1 is 0.882 bits per heavy atom. The van der Waals surface area contributed by atoms with Crippen LogP contribution in [0.4, 0.5) is 0 Å². The Labute approximate surface area is 199 Å². The van der Waals surface area contributed by atoms with E-state index >= 15 is 0 Å².